The van der Waals surface area contributed by atoms with Crippen molar-refractivity contribution in [2.45, 2.75) is 84.8 Å². The molecule has 1 N–H and O–H groups in total. The summed E-state index contributed by atoms with van der Waals surface area (Å²) >= 11 is 0. The fourth-order valence-corrected chi connectivity index (χ4v) is 2.97. The van der Waals surface area contributed by atoms with Crippen molar-refractivity contribution < 1.29 is 9.59 Å². The van der Waals surface area contributed by atoms with E-state index in [4.69, 9.17) is 0 Å². The maximum Gasteiger partial charge on any atom is 0.248 e. The Kier molecular flexibility index (Phi) is 5.60. The summed E-state index contributed by atoms with van der Waals surface area (Å²) in [4.78, 5) is 27.3. The van der Waals surface area contributed by atoms with Crippen molar-refractivity contribution in [3.05, 3.63) is 0 Å². The Hall–Kier alpha value is -1.06. The molecule has 0 aromatic heterocycles. The monoisotopic (exact) mass is 282 g/mol. The molecule has 1 fully saturated rings. The van der Waals surface area contributed by atoms with Crippen molar-refractivity contribution in [2.75, 3.05) is 0 Å². The molecule has 0 aliphatic carbocycles. The second-order valence-electron chi connectivity index (χ2n) is 6.50. The van der Waals surface area contributed by atoms with Gasteiger partial charge in [-0.2, -0.15) is 0 Å². The zero-order valence-corrected chi connectivity index (χ0v) is 13.8. The average molecular weight is 282 g/mol. The van der Waals surface area contributed by atoms with Gasteiger partial charge in [0.2, 0.25) is 11.8 Å². The lowest BCUT2D eigenvalue weighted by atomic mass is 9.87. The van der Waals surface area contributed by atoms with E-state index >= 15 is 0 Å². The average Bonchev–Trinajstić information content (AvgIpc) is 2.40. The maximum atomic E-state index is 12.9. The first-order chi connectivity index (χ1) is 9.30. The van der Waals surface area contributed by atoms with Crippen LogP contribution in [0.5, 0.6) is 0 Å². The summed E-state index contributed by atoms with van der Waals surface area (Å²) in [7, 11) is 0. The highest BCUT2D eigenvalue weighted by atomic mass is 16.2. The third kappa shape index (κ3) is 3.15. The normalized spacial score (nSPS) is 27.4. The van der Waals surface area contributed by atoms with E-state index in [9.17, 15) is 9.59 Å². The largest absolute Gasteiger partial charge is 0.340 e. The molecule has 0 saturated carbocycles. The lowest BCUT2D eigenvalue weighted by Crippen LogP contribution is -2.70. The van der Waals surface area contributed by atoms with Crippen LogP contribution in [0, 0.1) is 5.92 Å². The zero-order chi connectivity index (χ0) is 15.5. The van der Waals surface area contributed by atoms with Gasteiger partial charge in [0.25, 0.3) is 0 Å². The second kappa shape index (κ2) is 6.59. The molecule has 2 amide bonds. The Labute approximate surface area is 123 Å². The molecule has 4 heteroatoms. The van der Waals surface area contributed by atoms with Crippen LogP contribution in [0.3, 0.4) is 0 Å². The molecule has 4 nitrogen and oxygen atoms in total. The van der Waals surface area contributed by atoms with E-state index in [1.807, 2.05) is 18.7 Å². The van der Waals surface area contributed by atoms with Crippen LogP contribution in [0.4, 0.5) is 0 Å². The predicted molar refractivity (Wildman–Crippen MR) is 81.3 cm³/mol. The third-order valence-corrected chi connectivity index (χ3v) is 4.48. The lowest BCUT2D eigenvalue weighted by molar-refractivity contribution is -0.158. The highest BCUT2D eigenvalue weighted by molar-refractivity contribution is 5.99. The molecule has 1 saturated heterocycles. The fourth-order valence-electron chi connectivity index (χ4n) is 2.97. The van der Waals surface area contributed by atoms with Gasteiger partial charge in [0.1, 0.15) is 11.6 Å². The summed E-state index contributed by atoms with van der Waals surface area (Å²) in [5.74, 6) is 0.481. The van der Waals surface area contributed by atoms with Crippen molar-refractivity contribution in [3.63, 3.8) is 0 Å². The molecule has 0 aromatic rings. The molecule has 1 heterocycles. The summed E-state index contributed by atoms with van der Waals surface area (Å²) in [6.07, 6.45) is 3.14. The van der Waals surface area contributed by atoms with Crippen molar-refractivity contribution in [1.29, 1.82) is 0 Å². The number of nitrogens with zero attached hydrogens (tertiary/aromatic N) is 1. The number of hydrogen-bond donors (Lipinski definition) is 1. The van der Waals surface area contributed by atoms with E-state index in [0.717, 1.165) is 19.3 Å². The minimum Gasteiger partial charge on any atom is -0.340 e. The molecule has 1 rings (SSSR count). The number of amides is 2. The standard InChI is InChI=1S/C16H30N2O2/c1-7-12(8-2)18-13(10-11(4)5)14(19)17-16(6,9-3)15(18)20/h11-13H,7-10H2,1-6H3,(H,17,19). The molecule has 0 spiro atoms. The van der Waals surface area contributed by atoms with Crippen LogP contribution in [0.15, 0.2) is 0 Å². The molecule has 116 valence electrons. The number of hydrogen-bond acceptors (Lipinski definition) is 2. The third-order valence-electron chi connectivity index (χ3n) is 4.48. The second-order valence-corrected chi connectivity index (χ2v) is 6.50. The zero-order valence-electron chi connectivity index (χ0n) is 13.8. The Bertz CT molecular complexity index is 363. The van der Waals surface area contributed by atoms with E-state index in [1.165, 1.54) is 0 Å². The number of carbonyl (C=O) groups excluding carboxylic acids is 2. The summed E-state index contributed by atoms with van der Waals surface area (Å²) in [6, 6.07) is -0.157. The van der Waals surface area contributed by atoms with E-state index in [1.54, 1.807) is 0 Å². The van der Waals surface area contributed by atoms with Gasteiger partial charge < -0.3 is 10.2 Å². The van der Waals surface area contributed by atoms with E-state index in [0.29, 0.717) is 12.3 Å². The first kappa shape index (κ1) is 17.0. The van der Waals surface area contributed by atoms with Gasteiger partial charge in [-0.05, 0) is 38.5 Å². The van der Waals surface area contributed by atoms with Crippen molar-refractivity contribution >= 4 is 11.8 Å². The highest BCUT2D eigenvalue weighted by Crippen LogP contribution is 2.28. The van der Waals surface area contributed by atoms with Crippen LogP contribution < -0.4 is 5.32 Å². The molecular formula is C16H30N2O2. The smallest absolute Gasteiger partial charge is 0.248 e. The first-order valence-electron chi connectivity index (χ1n) is 7.95. The molecule has 0 bridgehead atoms. The van der Waals surface area contributed by atoms with Gasteiger partial charge >= 0.3 is 0 Å². The number of piperazine rings is 1. The Balaban J connectivity index is 3.16. The molecule has 20 heavy (non-hydrogen) atoms. The summed E-state index contributed by atoms with van der Waals surface area (Å²) < 4.78 is 0. The van der Waals surface area contributed by atoms with E-state index in [2.05, 4.69) is 33.0 Å². The number of nitrogens with one attached hydrogen (secondary N) is 1. The Morgan fingerprint density at radius 2 is 1.75 bits per heavy atom. The number of carbonyl (C=O) groups is 2. The lowest BCUT2D eigenvalue weighted by Gasteiger charge is -2.47. The topological polar surface area (TPSA) is 49.4 Å². The molecular weight excluding hydrogens is 252 g/mol. The molecule has 2 unspecified atom stereocenters. The summed E-state index contributed by atoms with van der Waals surface area (Å²) in [5.41, 5.74) is -0.743. The van der Waals surface area contributed by atoms with Gasteiger partial charge in [0, 0.05) is 6.04 Å². The van der Waals surface area contributed by atoms with E-state index in [-0.39, 0.29) is 23.9 Å². The van der Waals surface area contributed by atoms with Gasteiger partial charge in [-0.1, -0.05) is 34.6 Å². The van der Waals surface area contributed by atoms with Gasteiger partial charge in [0.05, 0.1) is 0 Å². The van der Waals surface area contributed by atoms with Gasteiger partial charge in [0.15, 0.2) is 0 Å². The predicted octanol–water partition coefficient (Wildman–Crippen LogP) is 2.72. The van der Waals surface area contributed by atoms with Crippen LogP contribution in [-0.4, -0.2) is 34.3 Å². The highest BCUT2D eigenvalue weighted by Gasteiger charge is 2.48. The maximum absolute atomic E-state index is 12.9. The Morgan fingerprint density at radius 3 is 2.15 bits per heavy atom. The molecule has 1 aliphatic rings. The van der Waals surface area contributed by atoms with E-state index < -0.39 is 5.54 Å². The van der Waals surface area contributed by atoms with Crippen molar-refractivity contribution in [1.82, 2.24) is 10.2 Å². The van der Waals surface area contributed by atoms with Crippen LogP contribution >= 0.6 is 0 Å². The van der Waals surface area contributed by atoms with Crippen LogP contribution in [0.25, 0.3) is 0 Å². The first-order valence-corrected chi connectivity index (χ1v) is 7.95. The van der Waals surface area contributed by atoms with Crippen LogP contribution in [0.1, 0.15) is 67.2 Å². The quantitative estimate of drug-likeness (QED) is 0.814. The summed E-state index contributed by atoms with van der Waals surface area (Å²) in [6.45, 7) is 12.2. The van der Waals surface area contributed by atoms with Gasteiger partial charge in [-0.3, -0.25) is 9.59 Å². The van der Waals surface area contributed by atoms with Crippen LogP contribution in [0.2, 0.25) is 0 Å². The minimum atomic E-state index is -0.743. The summed E-state index contributed by atoms with van der Waals surface area (Å²) in [5, 5.41) is 2.95. The van der Waals surface area contributed by atoms with Crippen molar-refractivity contribution in [3.8, 4) is 0 Å². The molecule has 0 radical (unpaired) electrons. The molecule has 0 aromatic carbocycles. The van der Waals surface area contributed by atoms with Gasteiger partial charge in [-0.25, -0.2) is 0 Å². The van der Waals surface area contributed by atoms with Gasteiger partial charge in [-0.15, -0.1) is 0 Å². The minimum absolute atomic E-state index is 0.00884. The fraction of sp³-hybridized carbons (Fsp3) is 0.875. The SMILES string of the molecule is CCC(CC)N1C(=O)C(C)(CC)NC(=O)C1CC(C)C. The molecule has 2 atom stereocenters. The Morgan fingerprint density at radius 1 is 1.20 bits per heavy atom. The van der Waals surface area contributed by atoms with Crippen molar-refractivity contribution in [2.24, 2.45) is 5.92 Å². The van der Waals surface area contributed by atoms with Crippen LogP contribution in [-0.2, 0) is 9.59 Å². The molecule has 1 aliphatic heterocycles. The number of rotatable bonds is 6.